The average Bonchev–Trinajstić information content (AvgIpc) is 2.29. The van der Waals surface area contributed by atoms with E-state index >= 15 is 0 Å². The van der Waals surface area contributed by atoms with Crippen LogP contribution in [0.25, 0.3) is 23.1 Å². The molecule has 64 valence electrons. The molecule has 0 saturated carbocycles. The van der Waals surface area contributed by atoms with E-state index in [2.05, 4.69) is 35.3 Å². The molecule has 1 aliphatic carbocycles. The third kappa shape index (κ3) is 0.968. The van der Waals surface area contributed by atoms with Crippen LogP contribution in [-0.4, -0.2) is 4.98 Å². The molecule has 0 bridgehead atoms. The lowest BCUT2D eigenvalue weighted by atomic mass is 10.1. The van der Waals surface area contributed by atoms with Crippen LogP contribution in [0.1, 0.15) is 0 Å². The summed E-state index contributed by atoms with van der Waals surface area (Å²) in [7, 11) is 0. The monoisotopic (exact) mass is 178 g/mol. The summed E-state index contributed by atoms with van der Waals surface area (Å²) >= 11 is 0. The zero-order valence-electron chi connectivity index (χ0n) is 7.57. The van der Waals surface area contributed by atoms with Gasteiger partial charge < -0.3 is 0 Å². The molecule has 0 radical (unpaired) electrons. The molecule has 3 rings (SSSR count). The number of fused-ring (bicyclic) bond motifs is 3. The SMILES string of the molecule is [C+]1=c2c(ccc3cccnc23)=CC=C1. The van der Waals surface area contributed by atoms with E-state index in [0.29, 0.717) is 0 Å². The summed E-state index contributed by atoms with van der Waals surface area (Å²) in [5.41, 5.74) is 1.03. The Labute approximate surface area is 81.7 Å². The minimum Gasteiger partial charge on any atom is -0.205 e. The van der Waals surface area contributed by atoms with E-state index < -0.39 is 0 Å². The van der Waals surface area contributed by atoms with Gasteiger partial charge in [-0.25, -0.2) is 4.98 Å². The van der Waals surface area contributed by atoms with E-state index in [4.69, 9.17) is 0 Å². The van der Waals surface area contributed by atoms with Gasteiger partial charge in [-0.2, -0.15) is 0 Å². The van der Waals surface area contributed by atoms with Crippen molar-refractivity contribution in [3.05, 3.63) is 53.1 Å². The van der Waals surface area contributed by atoms with Crippen LogP contribution in [0.5, 0.6) is 0 Å². The Hall–Kier alpha value is -1.98. The summed E-state index contributed by atoms with van der Waals surface area (Å²) in [5.74, 6) is 0. The van der Waals surface area contributed by atoms with Crippen molar-refractivity contribution in [3.63, 3.8) is 0 Å². The van der Waals surface area contributed by atoms with Gasteiger partial charge >= 0.3 is 0 Å². The van der Waals surface area contributed by atoms with Gasteiger partial charge in [0.05, 0.1) is 11.3 Å². The lowest BCUT2D eigenvalue weighted by Crippen LogP contribution is -2.26. The van der Waals surface area contributed by atoms with Gasteiger partial charge in [0.2, 0.25) is 0 Å². The van der Waals surface area contributed by atoms with Gasteiger partial charge in [-0.3, -0.25) is 0 Å². The zero-order valence-corrected chi connectivity index (χ0v) is 7.57. The Morgan fingerprint density at radius 3 is 3.14 bits per heavy atom. The normalized spacial score (nSPS) is 12.6. The van der Waals surface area contributed by atoms with E-state index in [0.717, 1.165) is 10.7 Å². The van der Waals surface area contributed by atoms with Crippen molar-refractivity contribution in [1.29, 1.82) is 0 Å². The molecule has 0 atom stereocenters. The van der Waals surface area contributed by atoms with E-state index in [-0.39, 0.29) is 0 Å². The predicted octanol–water partition coefficient (Wildman–Crippen LogP) is 1.24. The molecule has 1 aromatic heterocycles. The van der Waals surface area contributed by atoms with Crippen LogP contribution < -0.4 is 10.4 Å². The molecule has 0 N–H and O–H groups in total. The van der Waals surface area contributed by atoms with Crippen LogP contribution in [0.15, 0.2) is 42.6 Å². The minimum atomic E-state index is 1.03. The number of benzene rings is 1. The van der Waals surface area contributed by atoms with Crippen molar-refractivity contribution >= 4 is 23.1 Å². The number of nitrogens with zero attached hydrogens (tertiary/aromatic N) is 1. The molecule has 1 aromatic carbocycles. The van der Waals surface area contributed by atoms with Gasteiger partial charge in [-0.15, -0.1) is 0 Å². The maximum Gasteiger partial charge on any atom is 0.181 e. The first-order valence-corrected chi connectivity index (χ1v) is 4.59. The number of hydrogen-bond acceptors (Lipinski definition) is 1. The Bertz CT molecular complexity index is 636. The third-order valence-electron chi connectivity index (χ3n) is 2.41. The zero-order chi connectivity index (χ0) is 9.38. The Kier molecular flexibility index (Phi) is 1.46. The molecule has 0 saturated heterocycles. The molecule has 0 aliphatic heterocycles. The van der Waals surface area contributed by atoms with Crippen molar-refractivity contribution in [2.45, 2.75) is 0 Å². The summed E-state index contributed by atoms with van der Waals surface area (Å²) in [6, 6.07) is 8.23. The highest BCUT2D eigenvalue weighted by Crippen LogP contribution is 2.03. The van der Waals surface area contributed by atoms with Crippen LogP contribution in [-0.2, 0) is 0 Å². The maximum atomic E-state index is 4.38. The second-order valence-corrected chi connectivity index (χ2v) is 3.28. The average molecular weight is 178 g/mol. The predicted molar refractivity (Wildman–Crippen MR) is 58.0 cm³/mol. The van der Waals surface area contributed by atoms with Crippen LogP contribution in [0.3, 0.4) is 0 Å². The highest BCUT2D eigenvalue weighted by atomic mass is 14.6. The van der Waals surface area contributed by atoms with Crippen molar-refractivity contribution < 1.29 is 0 Å². The molecular weight excluding hydrogens is 170 g/mol. The summed E-state index contributed by atoms with van der Waals surface area (Å²) in [5, 5.41) is 3.46. The molecule has 14 heavy (non-hydrogen) atoms. The molecule has 2 aromatic rings. The van der Waals surface area contributed by atoms with E-state index in [1.807, 2.05) is 24.4 Å². The molecule has 0 amide bonds. The van der Waals surface area contributed by atoms with Crippen LogP contribution in [0.4, 0.5) is 0 Å². The molecule has 1 aliphatic rings. The fourth-order valence-corrected chi connectivity index (χ4v) is 1.73. The largest absolute Gasteiger partial charge is 0.205 e. The first-order chi connectivity index (χ1) is 6.95. The number of allylic oxidation sites excluding steroid dienone is 2. The molecule has 1 heteroatoms. The molecule has 0 unspecified atom stereocenters. The van der Waals surface area contributed by atoms with Crippen molar-refractivity contribution in [3.8, 4) is 0 Å². The Morgan fingerprint density at radius 1 is 1.14 bits per heavy atom. The molecule has 1 nitrogen and oxygen atoms in total. The van der Waals surface area contributed by atoms with Crippen LogP contribution >= 0.6 is 0 Å². The van der Waals surface area contributed by atoms with Crippen molar-refractivity contribution in [2.75, 3.05) is 0 Å². The smallest absolute Gasteiger partial charge is 0.181 e. The third-order valence-corrected chi connectivity index (χ3v) is 2.41. The first-order valence-electron chi connectivity index (χ1n) is 4.59. The summed E-state index contributed by atoms with van der Waals surface area (Å²) in [6.45, 7) is 0. The van der Waals surface area contributed by atoms with Crippen LogP contribution in [0.2, 0.25) is 0 Å². The second kappa shape index (κ2) is 2.76. The molecule has 0 fully saturated rings. The topological polar surface area (TPSA) is 12.9 Å². The van der Waals surface area contributed by atoms with Gasteiger partial charge in [-0.05, 0) is 24.3 Å². The van der Waals surface area contributed by atoms with E-state index in [1.165, 1.54) is 10.6 Å². The number of hydrogen-bond donors (Lipinski definition) is 0. The van der Waals surface area contributed by atoms with Crippen LogP contribution in [0, 0.1) is 0 Å². The molecule has 0 spiro atoms. The van der Waals surface area contributed by atoms with Gasteiger partial charge in [0.25, 0.3) is 0 Å². The standard InChI is InChI=1S/C13H8N/c1-2-6-12-10(4-1)7-8-11-5-3-9-14-13(11)12/h1-5,7-9H/q+1. The molecule has 1 heterocycles. The fourth-order valence-electron chi connectivity index (χ4n) is 1.73. The second-order valence-electron chi connectivity index (χ2n) is 3.28. The lowest BCUT2D eigenvalue weighted by Gasteiger charge is -1.92. The van der Waals surface area contributed by atoms with Gasteiger partial charge in [0, 0.05) is 29.8 Å². The highest BCUT2D eigenvalue weighted by molar-refractivity contribution is 5.81. The number of rotatable bonds is 0. The van der Waals surface area contributed by atoms with Gasteiger partial charge in [0.15, 0.2) is 10.7 Å². The van der Waals surface area contributed by atoms with Gasteiger partial charge in [-0.1, -0.05) is 0 Å². The Balaban J connectivity index is 2.63. The fraction of sp³-hybridized carbons (Fsp3) is 0. The lowest BCUT2D eigenvalue weighted by molar-refractivity contribution is 1.38. The van der Waals surface area contributed by atoms with E-state index in [1.54, 1.807) is 0 Å². The minimum absolute atomic E-state index is 1.03. The summed E-state index contributed by atoms with van der Waals surface area (Å²) in [6.07, 6.45) is 11.1. The summed E-state index contributed by atoms with van der Waals surface area (Å²) < 4.78 is 0. The van der Waals surface area contributed by atoms with Crippen molar-refractivity contribution in [2.24, 2.45) is 0 Å². The number of aromatic nitrogens is 1. The quantitative estimate of drug-likeness (QED) is 0.553. The maximum absolute atomic E-state index is 4.38. The Morgan fingerprint density at radius 2 is 2.14 bits per heavy atom. The van der Waals surface area contributed by atoms with E-state index in [9.17, 15) is 0 Å². The van der Waals surface area contributed by atoms with Crippen molar-refractivity contribution in [1.82, 2.24) is 4.98 Å². The first kappa shape index (κ1) is 7.43. The molecular formula is C13H8N+. The highest BCUT2D eigenvalue weighted by Gasteiger charge is 2.05. The van der Waals surface area contributed by atoms with Gasteiger partial charge in [0.1, 0.15) is 0 Å². The summed E-state index contributed by atoms with van der Waals surface area (Å²) in [4.78, 5) is 4.38. The number of pyridine rings is 1.